The summed E-state index contributed by atoms with van der Waals surface area (Å²) in [6.45, 7) is 14.1. The van der Waals surface area contributed by atoms with Crippen LogP contribution in [0, 0.1) is 12.8 Å². The van der Waals surface area contributed by atoms with Gasteiger partial charge in [-0.1, -0.05) is 19.9 Å². The summed E-state index contributed by atoms with van der Waals surface area (Å²) in [5, 5.41) is 3.42. The third-order valence-electron chi connectivity index (χ3n) is 3.31. The second kappa shape index (κ2) is 8.98. The molecule has 3 heteroatoms. The van der Waals surface area contributed by atoms with E-state index in [1.165, 1.54) is 12.0 Å². The standard InChI is InChI=1S/C17H30N2O/c1-6-7-8-9-19(5)13-16-10-17(20-15(16)4)12-18-11-14(2)3/h6,10,14,18H,1,7-9,11-13H2,2-5H3. The van der Waals surface area contributed by atoms with Gasteiger partial charge in [-0.15, -0.1) is 6.58 Å². The lowest BCUT2D eigenvalue weighted by Gasteiger charge is -2.15. The topological polar surface area (TPSA) is 28.4 Å². The fourth-order valence-corrected chi connectivity index (χ4v) is 2.19. The van der Waals surface area contributed by atoms with Crippen molar-refractivity contribution in [3.8, 4) is 0 Å². The third-order valence-corrected chi connectivity index (χ3v) is 3.31. The van der Waals surface area contributed by atoms with Gasteiger partial charge >= 0.3 is 0 Å². The van der Waals surface area contributed by atoms with Crippen LogP contribution >= 0.6 is 0 Å². The Balaban J connectivity index is 2.42. The second-order valence-electron chi connectivity index (χ2n) is 5.99. The van der Waals surface area contributed by atoms with Crippen molar-refractivity contribution in [2.45, 2.75) is 46.7 Å². The van der Waals surface area contributed by atoms with Gasteiger partial charge in [0.15, 0.2) is 0 Å². The maximum atomic E-state index is 5.82. The van der Waals surface area contributed by atoms with Crippen molar-refractivity contribution in [3.05, 3.63) is 35.8 Å². The van der Waals surface area contributed by atoms with Gasteiger partial charge in [0.05, 0.1) is 6.54 Å². The van der Waals surface area contributed by atoms with Crippen LogP contribution in [0.3, 0.4) is 0 Å². The van der Waals surface area contributed by atoms with Crippen LogP contribution in [0.25, 0.3) is 0 Å². The molecule has 20 heavy (non-hydrogen) atoms. The number of furan rings is 1. The number of allylic oxidation sites excluding steroid dienone is 1. The van der Waals surface area contributed by atoms with Gasteiger partial charge in [-0.25, -0.2) is 0 Å². The number of hydrogen-bond donors (Lipinski definition) is 1. The summed E-state index contributed by atoms with van der Waals surface area (Å²) in [6, 6.07) is 2.19. The van der Waals surface area contributed by atoms with Crippen molar-refractivity contribution in [1.29, 1.82) is 0 Å². The van der Waals surface area contributed by atoms with Crippen molar-refractivity contribution < 1.29 is 4.42 Å². The number of hydrogen-bond acceptors (Lipinski definition) is 3. The smallest absolute Gasteiger partial charge is 0.118 e. The molecular formula is C17H30N2O. The molecule has 0 unspecified atom stereocenters. The molecule has 1 aromatic heterocycles. The number of rotatable bonds is 10. The third kappa shape index (κ3) is 6.40. The Morgan fingerprint density at radius 1 is 1.45 bits per heavy atom. The van der Waals surface area contributed by atoms with Crippen molar-refractivity contribution in [2.24, 2.45) is 5.92 Å². The monoisotopic (exact) mass is 278 g/mol. The van der Waals surface area contributed by atoms with Crippen LogP contribution in [0.1, 0.15) is 43.8 Å². The predicted molar refractivity (Wildman–Crippen MR) is 85.8 cm³/mol. The molecule has 0 aliphatic rings. The van der Waals surface area contributed by atoms with Crippen LogP contribution in [-0.4, -0.2) is 25.0 Å². The first-order chi connectivity index (χ1) is 9.52. The number of nitrogens with one attached hydrogen (secondary N) is 1. The molecule has 0 bridgehead atoms. The fourth-order valence-electron chi connectivity index (χ4n) is 2.19. The van der Waals surface area contributed by atoms with E-state index in [4.69, 9.17) is 4.42 Å². The molecule has 0 saturated carbocycles. The summed E-state index contributed by atoms with van der Waals surface area (Å²) in [6.07, 6.45) is 4.23. The molecule has 0 fully saturated rings. The quantitative estimate of drug-likeness (QED) is 0.522. The van der Waals surface area contributed by atoms with Crippen LogP contribution < -0.4 is 5.32 Å². The molecule has 0 aliphatic carbocycles. The summed E-state index contributed by atoms with van der Waals surface area (Å²) in [5.41, 5.74) is 1.30. The van der Waals surface area contributed by atoms with E-state index in [9.17, 15) is 0 Å². The minimum Gasteiger partial charge on any atom is -0.465 e. The van der Waals surface area contributed by atoms with Gasteiger partial charge in [-0.3, -0.25) is 0 Å². The zero-order valence-electron chi connectivity index (χ0n) is 13.5. The van der Waals surface area contributed by atoms with E-state index in [1.54, 1.807) is 0 Å². The number of aryl methyl sites for hydroxylation is 1. The van der Waals surface area contributed by atoms with Crippen molar-refractivity contribution in [3.63, 3.8) is 0 Å². The van der Waals surface area contributed by atoms with Crippen LogP contribution in [-0.2, 0) is 13.1 Å². The average Bonchev–Trinajstić information content (AvgIpc) is 2.70. The Labute approximate surface area is 124 Å². The highest BCUT2D eigenvalue weighted by Crippen LogP contribution is 2.16. The van der Waals surface area contributed by atoms with E-state index in [0.717, 1.165) is 44.1 Å². The normalized spacial score (nSPS) is 11.5. The average molecular weight is 278 g/mol. The Morgan fingerprint density at radius 3 is 2.85 bits per heavy atom. The van der Waals surface area contributed by atoms with E-state index in [-0.39, 0.29) is 0 Å². The zero-order chi connectivity index (χ0) is 15.0. The molecule has 0 radical (unpaired) electrons. The van der Waals surface area contributed by atoms with Gasteiger partial charge < -0.3 is 14.6 Å². The Bertz CT molecular complexity index is 396. The first-order valence-electron chi connectivity index (χ1n) is 7.61. The van der Waals surface area contributed by atoms with Gasteiger partial charge in [-0.2, -0.15) is 0 Å². The minimum atomic E-state index is 0.668. The molecule has 0 amide bonds. The zero-order valence-corrected chi connectivity index (χ0v) is 13.5. The lowest BCUT2D eigenvalue weighted by Crippen LogP contribution is -2.19. The molecule has 1 aromatic rings. The first kappa shape index (κ1) is 17.0. The Kier molecular flexibility index (Phi) is 7.63. The van der Waals surface area contributed by atoms with Gasteiger partial charge in [0, 0.05) is 12.1 Å². The van der Waals surface area contributed by atoms with Gasteiger partial charge in [0.2, 0.25) is 0 Å². The van der Waals surface area contributed by atoms with Crippen molar-refractivity contribution in [2.75, 3.05) is 20.1 Å². The van der Waals surface area contributed by atoms with Crippen LogP contribution in [0.2, 0.25) is 0 Å². The van der Waals surface area contributed by atoms with Gasteiger partial charge in [0.25, 0.3) is 0 Å². The van der Waals surface area contributed by atoms with E-state index >= 15 is 0 Å². The highest BCUT2D eigenvalue weighted by Gasteiger charge is 2.09. The lowest BCUT2D eigenvalue weighted by atomic mass is 10.2. The summed E-state index contributed by atoms with van der Waals surface area (Å²) in [5.74, 6) is 2.75. The number of unbranched alkanes of at least 4 members (excludes halogenated alkanes) is 1. The molecule has 0 atom stereocenters. The summed E-state index contributed by atoms with van der Waals surface area (Å²) in [7, 11) is 2.16. The largest absolute Gasteiger partial charge is 0.465 e. The molecule has 1 rings (SSSR count). The minimum absolute atomic E-state index is 0.668. The maximum Gasteiger partial charge on any atom is 0.118 e. The van der Waals surface area contributed by atoms with Gasteiger partial charge in [0.1, 0.15) is 11.5 Å². The molecule has 0 spiro atoms. The molecule has 114 valence electrons. The molecule has 1 N–H and O–H groups in total. The molecule has 0 aromatic carbocycles. The van der Waals surface area contributed by atoms with Crippen LogP contribution in [0.5, 0.6) is 0 Å². The first-order valence-corrected chi connectivity index (χ1v) is 7.61. The van der Waals surface area contributed by atoms with Crippen molar-refractivity contribution >= 4 is 0 Å². The van der Waals surface area contributed by atoms with Gasteiger partial charge in [-0.05, 0) is 51.9 Å². The number of nitrogens with zero attached hydrogens (tertiary/aromatic N) is 1. The van der Waals surface area contributed by atoms with E-state index in [2.05, 4.69) is 50.7 Å². The van der Waals surface area contributed by atoms with Crippen LogP contribution in [0.4, 0.5) is 0 Å². The molecule has 0 saturated heterocycles. The van der Waals surface area contributed by atoms with E-state index < -0.39 is 0 Å². The summed E-state index contributed by atoms with van der Waals surface area (Å²) in [4.78, 5) is 2.34. The molecule has 0 aliphatic heterocycles. The highest BCUT2D eigenvalue weighted by atomic mass is 16.3. The Morgan fingerprint density at radius 2 is 2.20 bits per heavy atom. The SMILES string of the molecule is C=CCCCN(C)Cc1cc(CNCC(C)C)oc1C. The van der Waals surface area contributed by atoms with Crippen LogP contribution in [0.15, 0.2) is 23.1 Å². The summed E-state index contributed by atoms with van der Waals surface area (Å²) < 4.78 is 5.82. The second-order valence-corrected chi connectivity index (χ2v) is 5.99. The fraction of sp³-hybridized carbons (Fsp3) is 0.647. The Hall–Kier alpha value is -1.06. The van der Waals surface area contributed by atoms with E-state index in [0.29, 0.717) is 5.92 Å². The lowest BCUT2D eigenvalue weighted by molar-refractivity contribution is 0.320. The predicted octanol–water partition coefficient (Wildman–Crippen LogP) is 3.73. The molecule has 3 nitrogen and oxygen atoms in total. The van der Waals surface area contributed by atoms with Crippen molar-refractivity contribution in [1.82, 2.24) is 10.2 Å². The molecule has 1 heterocycles. The van der Waals surface area contributed by atoms with E-state index in [1.807, 2.05) is 6.08 Å². The maximum absolute atomic E-state index is 5.82. The highest BCUT2D eigenvalue weighted by molar-refractivity contribution is 5.20. The summed E-state index contributed by atoms with van der Waals surface area (Å²) >= 11 is 0. The molecular weight excluding hydrogens is 248 g/mol.